The first kappa shape index (κ1) is 12.2. The number of para-hydroxylation sites is 1. The molecule has 0 radical (unpaired) electrons. The largest absolute Gasteiger partial charge is 0.398 e. The molecule has 0 spiro atoms. The molecular formula is C14H15N3OS. The highest BCUT2D eigenvalue weighted by Gasteiger charge is 2.19. The zero-order valence-corrected chi connectivity index (χ0v) is 11.5. The summed E-state index contributed by atoms with van der Waals surface area (Å²) in [5.41, 5.74) is 9.02. The van der Waals surface area contributed by atoms with Crippen molar-refractivity contribution < 1.29 is 4.79 Å². The summed E-state index contributed by atoms with van der Waals surface area (Å²) in [6.45, 7) is 1.89. The number of amides is 1. The molecule has 0 bridgehead atoms. The van der Waals surface area contributed by atoms with Gasteiger partial charge in [-0.25, -0.2) is 4.98 Å². The van der Waals surface area contributed by atoms with Crippen LogP contribution in [0.2, 0.25) is 0 Å². The maximum atomic E-state index is 12.2. The standard InChI is InChI=1S/C14H15N3OS/c1-8-4-2-5-9(12(8)15)13(18)17-14-16-10-6-3-7-11(10)19-14/h2,4-5H,3,6-7,15H2,1H3,(H,16,17,18). The number of hydrogen-bond donors (Lipinski definition) is 2. The highest BCUT2D eigenvalue weighted by Crippen LogP contribution is 2.30. The van der Waals surface area contributed by atoms with Gasteiger partial charge in [0, 0.05) is 10.6 Å². The minimum atomic E-state index is -0.186. The normalized spacial score (nSPS) is 13.3. The molecule has 0 saturated carbocycles. The molecule has 0 fully saturated rings. The predicted octanol–water partition coefficient (Wildman–Crippen LogP) is 2.77. The molecule has 4 nitrogen and oxygen atoms in total. The molecule has 3 N–H and O–H groups in total. The molecule has 0 unspecified atom stereocenters. The monoisotopic (exact) mass is 273 g/mol. The number of nitrogen functional groups attached to an aromatic ring is 1. The second kappa shape index (κ2) is 4.66. The molecule has 1 aromatic heterocycles. The number of nitrogens with zero attached hydrogens (tertiary/aromatic N) is 1. The van der Waals surface area contributed by atoms with Gasteiger partial charge in [-0.1, -0.05) is 12.1 Å². The van der Waals surface area contributed by atoms with Crippen LogP contribution in [0.15, 0.2) is 18.2 Å². The summed E-state index contributed by atoms with van der Waals surface area (Å²) >= 11 is 1.57. The molecule has 98 valence electrons. The third kappa shape index (κ3) is 2.21. The van der Waals surface area contributed by atoms with Gasteiger partial charge < -0.3 is 5.73 Å². The summed E-state index contributed by atoms with van der Waals surface area (Å²) in [5, 5.41) is 3.52. The van der Waals surface area contributed by atoms with Crippen LogP contribution in [0.25, 0.3) is 0 Å². The van der Waals surface area contributed by atoms with E-state index in [4.69, 9.17) is 5.73 Å². The van der Waals surface area contributed by atoms with Crippen molar-refractivity contribution in [3.63, 3.8) is 0 Å². The van der Waals surface area contributed by atoms with E-state index >= 15 is 0 Å². The summed E-state index contributed by atoms with van der Waals surface area (Å²) in [4.78, 5) is 17.9. The zero-order chi connectivity index (χ0) is 13.4. The molecule has 1 aliphatic rings. The maximum absolute atomic E-state index is 12.2. The third-order valence-corrected chi connectivity index (χ3v) is 4.46. The van der Waals surface area contributed by atoms with Crippen LogP contribution in [-0.4, -0.2) is 10.9 Å². The van der Waals surface area contributed by atoms with Crippen molar-refractivity contribution in [2.24, 2.45) is 0 Å². The Hall–Kier alpha value is -1.88. The van der Waals surface area contributed by atoms with Crippen LogP contribution in [-0.2, 0) is 12.8 Å². The molecule has 0 aliphatic heterocycles. The molecule has 1 heterocycles. The Morgan fingerprint density at radius 2 is 2.26 bits per heavy atom. The highest BCUT2D eigenvalue weighted by atomic mass is 32.1. The van der Waals surface area contributed by atoms with Gasteiger partial charge in [-0.15, -0.1) is 11.3 Å². The fourth-order valence-corrected chi connectivity index (χ4v) is 3.33. The first-order chi connectivity index (χ1) is 9.15. The van der Waals surface area contributed by atoms with Crippen molar-refractivity contribution in [2.45, 2.75) is 26.2 Å². The van der Waals surface area contributed by atoms with Crippen molar-refractivity contribution >= 4 is 28.1 Å². The van der Waals surface area contributed by atoms with E-state index in [9.17, 15) is 4.79 Å². The number of nitrogens with one attached hydrogen (secondary N) is 1. The Morgan fingerprint density at radius 1 is 1.42 bits per heavy atom. The Bertz CT molecular complexity index is 627. The lowest BCUT2D eigenvalue weighted by atomic mass is 10.1. The number of aryl methyl sites for hydroxylation is 3. The molecule has 0 atom stereocenters. The van der Waals surface area contributed by atoms with Crippen molar-refractivity contribution in [1.82, 2.24) is 4.98 Å². The van der Waals surface area contributed by atoms with Gasteiger partial charge in [-0.2, -0.15) is 0 Å². The second-order valence-electron chi connectivity index (χ2n) is 4.73. The van der Waals surface area contributed by atoms with E-state index in [0.29, 0.717) is 16.4 Å². The van der Waals surface area contributed by atoms with Crippen molar-refractivity contribution in [3.05, 3.63) is 39.9 Å². The van der Waals surface area contributed by atoms with Crippen LogP contribution in [0.5, 0.6) is 0 Å². The number of rotatable bonds is 2. The van der Waals surface area contributed by atoms with Gasteiger partial charge in [-0.05, 0) is 37.8 Å². The molecule has 2 aromatic rings. The van der Waals surface area contributed by atoms with Gasteiger partial charge in [0.25, 0.3) is 5.91 Å². The fourth-order valence-electron chi connectivity index (χ4n) is 2.29. The van der Waals surface area contributed by atoms with Crippen LogP contribution >= 0.6 is 11.3 Å². The zero-order valence-electron chi connectivity index (χ0n) is 10.7. The minimum absolute atomic E-state index is 0.186. The number of nitrogens with two attached hydrogens (primary N) is 1. The van der Waals surface area contributed by atoms with Crippen molar-refractivity contribution in [2.75, 3.05) is 11.1 Å². The number of hydrogen-bond acceptors (Lipinski definition) is 4. The Balaban J connectivity index is 1.82. The molecule has 1 amide bonds. The van der Waals surface area contributed by atoms with E-state index in [1.165, 1.54) is 11.3 Å². The van der Waals surface area contributed by atoms with E-state index in [1.54, 1.807) is 17.4 Å². The Labute approximate surface area is 115 Å². The van der Waals surface area contributed by atoms with E-state index < -0.39 is 0 Å². The lowest BCUT2D eigenvalue weighted by Gasteiger charge is -2.07. The number of aromatic nitrogens is 1. The topological polar surface area (TPSA) is 68.0 Å². The van der Waals surface area contributed by atoms with E-state index in [-0.39, 0.29) is 5.91 Å². The van der Waals surface area contributed by atoms with Crippen LogP contribution in [0, 0.1) is 6.92 Å². The molecule has 3 rings (SSSR count). The minimum Gasteiger partial charge on any atom is -0.398 e. The van der Waals surface area contributed by atoms with Crippen LogP contribution < -0.4 is 11.1 Å². The van der Waals surface area contributed by atoms with Crippen LogP contribution in [0.4, 0.5) is 10.8 Å². The van der Waals surface area contributed by atoms with Gasteiger partial charge in [0.1, 0.15) is 0 Å². The lowest BCUT2D eigenvalue weighted by Crippen LogP contribution is -2.14. The van der Waals surface area contributed by atoms with Gasteiger partial charge >= 0.3 is 0 Å². The lowest BCUT2D eigenvalue weighted by molar-refractivity contribution is 0.102. The molecule has 19 heavy (non-hydrogen) atoms. The number of carbonyl (C=O) groups excluding carboxylic acids is 1. The molecule has 1 aliphatic carbocycles. The van der Waals surface area contributed by atoms with Crippen LogP contribution in [0.1, 0.15) is 32.9 Å². The molecular weight excluding hydrogens is 258 g/mol. The Kier molecular flexibility index (Phi) is 2.98. The van der Waals surface area contributed by atoms with E-state index in [1.807, 2.05) is 19.1 Å². The van der Waals surface area contributed by atoms with Gasteiger partial charge in [-0.3, -0.25) is 10.1 Å². The summed E-state index contributed by atoms with van der Waals surface area (Å²) in [5.74, 6) is -0.186. The SMILES string of the molecule is Cc1cccc(C(=O)Nc2nc3c(s2)CCC3)c1N. The quantitative estimate of drug-likeness (QED) is 0.827. The van der Waals surface area contributed by atoms with E-state index in [0.717, 1.165) is 24.1 Å². The number of thiazole rings is 1. The first-order valence-corrected chi connectivity index (χ1v) is 7.12. The molecule has 1 aromatic carbocycles. The number of benzene rings is 1. The Morgan fingerprint density at radius 3 is 3.05 bits per heavy atom. The third-order valence-electron chi connectivity index (χ3n) is 3.38. The summed E-state index contributed by atoms with van der Waals surface area (Å²) in [6.07, 6.45) is 3.27. The summed E-state index contributed by atoms with van der Waals surface area (Å²) in [7, 11) is 0. The van der Waals surface area contributed by atoms with Crippen LogP contribution in [0.3, 0.4) is 0 Å². The predicted molar refractivity (Wildman–Crippen MR) is 77.7 cm³/mol. The first-order valence-electron chi connectivity index (χ1n) is 6.30. The van der Waals surface area contributed by atoms with Crippen molar-refractivity contribution in [1.29, 1.82) is 0 Å². The molecule has 0 saturated heterocycles. The number of carbonyl (C=O) groups is 1. The molecule has 5 heteroatoms. The van der Waals surface area contributed by atoms with E-state index in [2.05, 4.69) is 10.3 Å². The second-order valence-corrected chi connectivity index (χ2v) is 5.82. The van der Waals surface area contributed by atoms with Crippen molar-refractivity contribution in [3.8, 4) is 0 Å². The fraction of sp³-hybridized carbons (Fsp3) is 0.286. The maximum Gasteiger partial charge on any atom is 0.259 e. The average Bonchev–Trinajstić information content (AvgIpc) is 2.93. The van der Waals surface area contributed by atoms with Gasteiger partial charge in [0.15, 0.2) is 5.13 Å². The van der Waals surface area contributed by atoms with Gasteiger partial charge in [0.05, 0.1) is 11.3 Å². The average molecular weight is 273 g/mol. The smallest absolute Gasteiger partial charge is 0.259 e. The highest BCUT2D eigenvalue weighted by molar-refractivity contribution is 7.16. The summed E-state index contributed by atoms with van der Waals surface area (Å²) < 4.78 is 0. The summed E-state index contributed by atoms with van der Waals surface area (Å²) in [6, 6.07) is 5.46. The number of anilines is 2. The number of fused-ring (bicyclic) bond motifs is 1. The van der Waals surface area contributed by atoms with Gasteiger partial charge in [0.2, 0.25) is 0 Å².